The van der Waals surface area contributed by atoms with Gasteiger partial charge in [0.05, 0.1) is 0 Å². The number of sulfonamides is 1. The lowest BCUT2D eigenvalue weighted by Gasteiger charge is -2.11. The van der Waals surface area contributed by atoms with Crippen molar-refractivity contribution in [1.82, 2.24) is 4.72 Å². The maximum atomic E-state index is 13.4. The highest BCUT2D eigenvalue weighted by atomic mass is 79.9. The van der Waals surface area contributed by atoms with Gasteiger partial charge in [0.25, 0.3) is 0 Å². The molecule has 0 aliphatic carbocycles. The summed E-state index contributed by atoms with van der Waals surface area (Å²) in [5, 5.41) is 0. The Labute approximate surface area is 118 Å². The van der Waals surface area contributed by atoms with Gasteiger partial charge in [0.1, 0.15) is 17.5 Å². The van der Waals surface area contributed by atoms with Crippen LogP contribution in [0.25, 0.3) is 0 Å². The molecule has 0 bridgehead atoms. The molecular formula is C11H13BrF3NO2S. The Morgan fingerprint density at radius 1 is 1.26 bits per heavy atom. The van der Waals surface area contributed by atoms with Crippen molar-refractivity contribution < 1.29 is 21.6 Å². The molecule has 1 atom stereocenters. The summed E-state index contributed by atoms with van der Waals surface area (Å²) in [4.78, 5) is -1.30. The second-order valence-corrected chi connectivity index (χ2v) is 6.94. The van der Waals surface area contributed by atoms with Crippen molar-refractivity contribution in [1.29, 1.82) is 0 Å². The Morgan fingerprint density at radius 2 is 1.79 bits per heavy atom. The average Bonchev–Trinajstić information content (AvgIpc) is 2.25. The smallest absolute Gasteiger partial charge is 0.210 e. The molecule has 1 unspecified atom stereocenters. The fraction of sp³-hybridized carbons (Fsp3) is 0.455. The van der Waals surface area contributed by atoms with E-state index < -0.39 is 32.4 Å². The lowest BCUT2D eigenvalue weighted by Crippen LogP contribution is -2.31. The van der Waals surface area contributed by atoms with E-state index in [2.05, 4.69) is 20.7 Å². The topological polar surface area (TPSA) is 46.2 Å². The van der Waals surface area contributed by atoms with Gasteiger partial charge in [0.2, 0.25) is 10.0 Å². The first-order chi connectivity index (χ1) is 8.77. The second kappa shape index (κ2) is 6.71. The van der Waals surface area contributed by atoms with Crippen molar-refractivity contribution >= 4 is 26.0 Å². The molecule has 1 aromatic carbocycles. The predicted octanol–water partition coefficient (Wildman–Crippen LogP) is 2.95. The molecule has 0 amide bonds. The Balaban J connectivity index is 2.95. The zero-order valence-electron chi connectivity index (χ0n) is 10.1. The van der Waals surface area contributed by atoms with Crippen LogP contribution in [0.2, 0.25) is 0 Å². The largest absolute Gasteiger partial charge is 0.246 e. The number of halogens is 4. The minimum Gasteiger partial charge on any atom is -0.210 e. The molecule has 0 radical (unpaired) electrons. The van der Waals surface area contributed by atoms with Gasteiger partial charge in [-0.1, -0.05) is 29.3 Å². The number of hydrogen-bond acceptors (Lipinski definition) is 2. The third-order valence-corrected chi connectivity index (χ3v) is 4.58. The van der Waals surface area contributed by atoms with Gasteiger partial charge in [-0.2, -0.15) is 0 Å². The van der Waals surface area contributed by atoms with Gasteiger partial charge in [-0.25, -0.2) is 26.3 Å². The van der Waals surface area contributed by atoms with E-state index in [4.69, 9.17) is 0 Å². The summed E-state index contributed by atoms with van der Waals surface area (Å²) in [6, 6.07) is 0.657. The predicted molar refractivity (Wildman–Crippen MR) is 69.1 cm³/mol. The maximum Gasteiger partial charge on any atom is 0.246 e. The monoisotopic (exact) mass is 359 g/mol. The van der Waals surface area contributed by atoms with E-state index in [9.17, 15) is 21.6 Å². The normalized spacial score (nSPS) is 13.5. The zero-order valence-corrected chi connectivity index (χ0v) is 12.5. The molecule has 0 spiro atoms. The summed E-state index contributed by atoms with van der Waals surface area (Å²) in [6.07, 6.45) is 1.54. The van der Waals surface area contributed by atoms with Crippen molar-refractivity contribution in [2.24, 2.45) is 0 Å². The van der Waals surface area contributed by atoms with Crippen LogP contribution >= 0.6 is 15.9 Å². The van der Waals surface area contributed by atoms with Gasteiger partial charge < -0.3 is 0 Å². The average molecular weight is 360 g/mol. The molecule has 0 heterocycles. The number of alkyl halides is 1. The van der Waals surface area contributed by atoms with E-state index in [0.29, 0.717) is 18.6 Å². The van der Waals surface area contributed by atoms with Crippen LogP contribution in [0.1, 0.15) is 19.8 Å². The molecular weight excluding hydrogens is 347 g/mol. The number of hydrogen-bond donors (Lipinski definition) is 1. The highest BCUT2D eigenvalue weighted by Gasteiger charge is 2.25. The SMILES string of the molecule is CCCC(Br)CNS(=O)(=O)c1c(F)cc(F)cc1F. The minimum atomic E-state index is -4.35. The van der Waals surface area contributed by atoms with Crippen LogP contribution in [0.15, 0.2) is 17.0 Å². The molecule has 19 heavy (non-hydrogen) atoms. The molecule has 0 saturated carbocycles. The lowest BCUT2D eigenvalue weighted by molar-refractivity contribution is 0.493. The van der Waals surface area contributed by atoms with Crippen LogP contribution in [0.5, 0.6) is 0 Å². The maximum absolute atomic E-state index is 13.4. The van der Waals surface area contributed by atoms with E-state index in [1.165, 1.54) is 0 Å². The Bertz CT molecular complexity index is 528. The highest BCUT2D eigenvalue weighted by molar-refractivity contribution is 9.09. The summed E-state index contributed by atoms with van der Waals surface area (Å²) in [7, 11) is -4.35. The number of nitrogens with one attached hydrogen (secondary N) is 1. The molecule has 1 N–H and O–H groups in total. The molecule has 108 valence electrons. The highest BCUT2D eigenvalue weighted by Crippen LogP contribution is 2.20. The van der Waals surface area contributed by atoms with Crippen molar-refractivity contribution in [2.75, 3.05) is 6.54 Å². The quantitative estimate of drug-likeness (QED) is 0.793. The van der Waals surface area contributed by atoms with Crippen molar-refractivity contribution in [2.45, 2.75) is 29.5 Å². The Kier molecular flexibility index (Phi) is 5.82. The molecule has 0 aliphatic rings. The van der Waals surface area contributed by atoms with Crippen molar-refractivity contribution in [3.63, 3.8) is 0 Å². The van der Waals surface area contributed by atoms with Crippen LogP contribution in [0, 0.1) is 17.5 Å². The van der Waals surface area contributed by atoms with Gasteiger partial charge >= 0.3 is 0 Å². The Morgan fingerprint density at radius 3 is 2.26 bits per heavy atom. The van der Waals surface area contributed by atoms with Crippen LogP contribution < -0.4 is 4.72 Å². The van der Waals surface area contributed by atoms with E-state index >= 15 is 0 Å². The van der Waals surface area contributed by atoms with Crippen LogP contribution in [-0.2, 0) is 10.0 Å². The van der Waals surface area contributed by atoms with Gasteiger partial charge in [-0.3, -0.25) is 0 Å². The summed E-state index contributed by atoms with van der Waals surface area (Å²) in [6.45, 7) is 1.91. The second-order valence-electron chi connectivity index (χ2n) is 3.94. The summed E-state index contributed by atoms with van der Waals surface area (Å²) < 4.78 is 65.0. The summed E-state index contributed by atoms with van der Waals surface area (Å²) in [5.41, 5.74) is 0. The molecule has 0 saturated heterocycles. The minimum absolute atomic E-state index is 0.00751. The first kappa shape index (κ1) is 16.5. The summed E-state index contributed by atoms with van der Waals surface area (Å²) >= 11 is 3.24. The van der Waals surface area contributed by atoms with Crippen molar-refractivity contribution in [3.05, 3.63) is 29.6 Å². The zero-order chi connectivity index (χ0) is 14.6. The van der Waals surface area contributed by atoms with Gasteiger partial charge in [-0.05, 0) is 6.42 Å². The van der Waals surface area contributed by atoms with Gasteiger partial charge in [0, 0.05) is 23.5 Å². The van der Waals surface area contributed by atoms with Crippen molar-refractivity contribution in [3.8, 4) is 0 Å². The molecule has 3 nitrogen and oxygen atoms in total. The first-order valence-electron chi connectivity index (χ1n) is 5.56. The standard InChI is InChI=1S/C11H13BrF3NO2S/c1-2-3-7(12)6-16-19(17,18)11-9(14)4-8(13)5-10(11)15/h4-5,7,16H,2-3,6H2,1H3. The molecule has 1 aromatic rings. The molecule has 0 fully saturated rings. The third-order valence-electron chi connectivity index (χ3n) is 2.33. The molecule has 1 rings (SSSR count). The van der Waals surface area contributed by atoms with Crippen LogP contribution in [0.3, 0.4) is 0 Å². The molecule has 0 aliphatic heterocycles. The van der Waals surface area contributed by atoms with E-state index in [1.54, 1.807) is 0 Å². The van der Waals surface area contributed by atoms with Crippen LogP contribution in [-0.4, -0.2) is 19.8 Å². The van der Waals surface area contributed by atoms with Gasteiger partial charge in [0.15, 0.2) is 4.90 Å². The first-order valence-corrected chi connectivity index (χ1v) is 7.96. The van der Waals surface area contributed by atoms with E-state index in [-0.39, 0.29) is 11.4 Å². The number of benzene rings is 1. The Hall–Kier alpha value is -0.600. The fourth-order valence-electron chi connectivity index (χ4n) is 1.47. The molecule has 0 aromatic heterocycles. The van der Waals surface area contributed by atoms with Crippen LogP contribution in [0.4, 0.5) is 13.2 Å². The summed E-state index contributed by atoms with van der Waals surface area (Å²) in [5.74, 6) is -4.07. The molecule has 8 heteroatoms. The lowest BCUT2D eigenvalue weighted by atomic mass is 10.2. The number of rotatable bonds is 6. The van der Waals surface area contributed by atoms with E-state index in [0.717, 1.165) is 6.42 Å². The van der Waals surface area contributed by atoms with E-state index in [1.807, 2.05) is 6.92 Å². The third kappa shape index (κ3) is 4.47. The fourth-order valence-corrected chi connectivity index (χ4v) is 3.50. The van der Waals surface area contributed by atoms with Gasteiger partial charge in [-0.15, -0.1) is 0 Å².